The first-order valence-electron chi connectivity index (χ1n) is 11.1. The lowest BCUT2D eigenvalue weighted by Gasteiger charge is -2.10. The molecule has 0 atom stereocenters. The molecule has 0 spiro atoms. The van der Waals surface area contributed by atoms with Gasteiger partial charge in [-0.15, -0.1) is 0 Å². The molecule has 168 valence electrons. The number of hydrogen-bond donors (Lipinski definition) is 1. The molecular weight excluding hydrogens is 407 g/mol. The molecule has 0 aromatic heterocycles. The Morgan fingerprint density at radius 1 is 0.844 bits per heavy atom. The summed E-state index contributed by atoms with van der Waals surface area (Å²) in [5, 5.41) is 9.31. The second-order valence-electron chi connectivity index (χ2n) is 7.72. The van der Waals surface area contributed by atoms with Crippen LogP contribution in [0.25, 0.3) is 11.1 Å². The lowest BCUT2D eigenvalue weighted by molar-refractivity contribution is 0.0735. The monoisotopic (exact) mass is 436 g/mol. The first kappa shape index (κ1) is 23.3. The highest BCUT2D eigenvalue weighted by Crippen LogP contribution is 2.27. The second-order valence-corrected chi connectivity index (χ2v) is 7.72. The second kappa shape index (κ2) is 11.9. The molecule has 32 heavy (non-hydrogen) atoms. The molecule has 0 heterocycles. The molecule has 0 aliphatic rings. The fourth-order valence-electron chi connectivity index (χ4n) is 3.34. The Hall–Kier alpha value is -3.34. The molecule has 0 fully saturated rings. The van der Waals surface area contributed by atoms with E-state index in [1.165, 1.54) is 56.0 Å². The molecule has 5 heteroatoms. The number of aromatic hydroxyl groups is 1. The Morgan fingerprint density at radius 2 is 1.50 bits per heavy atom. The minimum Gasteiger partial charge on any atom is -0.508 e. The van der Waals surface area contributed by atoms with Crippen molar-refractivity contribution in [3.05, 3.63) is 78.1 Å². The van der Waals surface area contributed by atoms with E-state index in [-0.39, 0.29) is 11.5 Å². The van der Waals surface area contributed by atoms with Crippen molar-refractivity contribution in [1.82, 2.24) is 0 Å². The van der Waals surface area contributed by atoms with Crippen LogP contribution in [0.15, 0.2) is 66.7 Å². The van der Waals surface area contributed by atoms with E-state index in [4.69, 9.17) is 9.47 Å². The smallest absolute Gasteiger partial charge is 0.343 e. The summed E-state index contributed by atoms with van der Waals surface area (Å²) in [6.45, 7) is 2.71. The molecule has 0 bridgehead atoms. The zero-order chi connectivity index (χ0) is 22.8. The van der Waals surface area contributed by atoms with Crippen LogP contribution >= 0.6 is 0 Å². The Balaban J connectivity index is 1.53. The highest BCUT2D eigenvalue weighted by atomic mass is 19.1. The van der Waals surface area contributed by atoms with Gasteiger partial charge in [0.1, 0.15) is 11.5 Å². The lowest BCUT2D eigenvalue weighted by atomic mass is 10.1. The standard InChI is InChI=1S/C27H29FO4/c1-2-3-4-5-6-7-18-31-26-17-12-22(19-25(26)28)20-10-15-24(16-11-20)32-27(30)21-8-13-23(29)14-9-21/h8-17,19,29H,2-7,18H2,1H3. The van der Waals surface area contributed by atoms with Crippen LogP contribution in [0.3, 0.4) is 0 Å². The predicted octanol–water partition coefficient (Wildman–Crippen LogP) is 7.16. The number of phenols is 1. The summed E-state index contributed by atoms with van der Waals surface area (Å²) < 4.78 is 25.4. The Labute approximate surface area is 188 Å². The molecule has 0 saturated carbocycles. The van der Waals surface area contributed by atoms with Crippen molar-refractivity contribution < 1.29 is 23.8 Å². The molecule has 0 radical (unpaired) electrons. The quantitative estimate of drug-likeness (QED) is 0.197. The molecule has 1 N–H and O–H groups in total. The van der Waals surface area contributed by atoms with Gasteiger partial charge in [0.15, 0.2) is 11.6 Å². The van der Waals surface area contributed by atoms with Gasteiger partial charge in [-0.05, 0) is 66.1 Å². The number of esters is 1. The SMILES string of the molecule is CCCCCCCCOc1ccc(-c2ccc(OC(=O)c3ccc(O)cc3)cc2)cc1F. The summed E-state index contributed by atoms with van der Waals surface area (Å²) in [7, 11) is 0. The van der Waals surface area contributed by atoms with Crippen LogP contribution in [-0.4, -0.2) is 17.7 Å². The first-order chi connectivity index (χ1) is 15.6. The molecule has 3 aromatic carbocycles. The van der Waals surface area contributed by atoms with Gasteiger partial charge >= 0.3 is 5.97 Å². The van der Waals surface area contributed by atoms with E-state index in [9.17, 15) is 14.3 Å². The maximum absolute atomic E-state index is 14.5. The van der Waals surface area contributed by atoms with E-state index >= 15 is 0 Å². The van der Waals surface area contributed by atoms with Gasteiger partial charge in [-0.1, -0.05) is 57.2 Å². The normalized spacial score (nSPS) is 10.7. The van der Waals surface area contributed by atoms with Crippen LogP contribution in [0.1, 0.15) is 55.8 Å². The van der Waals surface area contributed by atoms with Crippen molar-refractivity contribution in [2.24, 2.45) is 0 Å². The van der Waals surface area contributed by atoms with Crippen molar-refractivity contribution in [3.63, 3.8) is 0 Å². The molecule has 0 unspecified atom stereocenters. The van der Waals surface area contributed by atoms with Crippen molar-refractivity contribution in [1.29, 1.82) is 0 Å². The molecule has 3 rings (SSSR count). The van der Waals surface area contributed by atoms with Gasteiger partial charge in [0, 0.05) is 0 Å². The van der Waals surface area contributed by atoms with E-state index < -0.39 is 11.8 Å². The Morgan fingerprint density at radius 3 is 2.19 bits per heavy atom. The number of benzene rings is 3. The molecule has 4 nitrogen and oxygen atoms in total. The summed E-state index contributed by atoms with van der Waals surface area (Å²) in [5.41, 5.74) is 1.85. The fraction of sp³-hybridized carbons (Fsp3) is 0.296. The molecular formula is C27H29FO4. The van der Waals surface area contributed by atoms with Crippen molar-refractivity contribution >= 4 is 5.97 Å². The zero-order valence-electron chi connectivity index (χ0n) is 18.4. The van der Waals surface area contributed by atoms with E-state index in [1.807, 2.05) is 6.07 Å². The maximum atomic E-state index is 14.5. The van der Waals surface area contributed by atoms with Crippen LogP contribution in [0.4, 0.5) is 4.39 Å². The van der Waals surface area contributed by atoms with Gasteiger partial charge in [0.05, 0.1) is 12.2 Å². The van der Waals surface area contributed by atoms with Crippen LogP contribution in [0.5, 0.6) is 17.2 Å². The number of hydrogen-bond acceptors (Lipinski definition) is 4. The lowest BCUT2D eigenvalue weighted by Crippen LogP contribution is -2.07. The summed E-state index contributed by atoms with van der Waals surface area (Å²) in [5.74, 6) is -0.183. The number of carbonyl (C=O) groups is 1. The van der Waals surface area contributed by atoms with Gasteiger partial charge in [-0.3, -0.25) is 0 Å². The van der Waals surface area contributed by atoms with E-state index in [2.05, 4.69) is 6.92 Å². The van der Waals surface area contributed by atoms with Gasteiger partial charge in [0.2, 0.25) is 0 Å². The van der Waals surface area contributed by atoms with Crippen LogP contribution in [-0.2, 0) is 0 Å². The Bertz CT molecular complexity index is 997. The van der Waals surface area contributed by atoms with Crippen molar-refractivity contribution in [3.8, 4) is 28.4 Å². The van der Waals surface area contributed by atoms with E-state index in [1.54, 1.807) is 30.3 Å². The van der Waals surface area contributed by atoms with Crippen molar-refractivity contribution in [2.75, 3.05) is 6.61 Å². The highest BCUT2D eigenvalue weighted by Gasteiger charge is 2.10. The topological polar surface area (TPSA) is 55.8 Å². The van der Waals surface area contributed by atoms with E-state index in [0.717, 1.165) is 18.4 Å². The van der Waals surface area contributed by atoms with Gasteiger partial charge in [0.25, 0.3) is 0 Å². The summed E-state index contributed by atoms with van der Waals surface area (Å²) in [6.07, 6.45) is 6.95. The zero-order valence-corrected chi connectivity index (χ0v) is 18.4. The fourth-order valence-corrected chi connectivity index (χ4v) is 3.34. The van der Waals surface area contributed by atoms with Crippen LogP contribution in [0.2, 0.25) is 0 Å². The minimum atomic E-state index is -0.518. The molecule has 0 amide bonds. The molecule has 0 saturated heterocycles. The summed E-state index contributed by atoms with van der Waals surface area (Å²) in [4.78, 5) is 12.2. The van der Waals surface area contributed by atoms with Gasteiger partial charge in [-0.2, -0.15) is 0 Å². The van der Waals surface area contributed by atoms with Gasteiger partial charge in [-0.25, -0.2) is 9.18 Å². The minimum absolute atomic E-state index is 0.0805. The largest absolute Gasteiger partial charge is 0.508 e. The highest BCUT2D eigenvalue weighted by molar-refractivity contribution is 5.91. The number of unbranched alkanes of at least 4 members (excludes halogenated alkanes) is 5. The number of halogens is 1. The number of rotatable bonds is 11. The maximum Gasteiger partial charge on any atom is 0.343 e. The number of phenolic OH excluding ortho intramolecular Hbond substituents is 1. The molecule has 0 aliphatic heterocycles. The average Bonchev–Trinajstić information content (AvgIpc) is 2.80. The van der Waals surface area contributed by atoms with E-state index in [0.29, 0.717) is 23.5 Å². The third-order valence-electron chi connectivity index (χ3n) is 5.19. The summed E-state index contributed by atoms with van der Waals surface area (Å²) in [6, 6.07) is 17.6. The van der Waals surface area contributed by atoms with Crippen molar-refractivity contribution in [2.45, 2.75) is 45.4 Å². The number of ether oxygens (including phenoxy) is 2. The predicted molar refractivity (Wildman–Crippen MR) is 124 cm³/mol. The first-order valence-corrected chi connectivity index (χ1v) is 11.1. The summed E-state index contributed by atoms with van der Waals surface area (Å²) >= 11 is 0. The third kappa shape index (κ3) is 6.84. The molecule has 3 aromatic rings. The third-order valence-corrected chi connectivity index (χ3v) is 5.19. The molecule has 0 aliphatic carbocycles. The van der Waals surface area contributed by atoms with Gasteiger partial charge < -0.3 is 14.6 Å². The van der Waals surface area contributed by atoms with Crippen LogP contribution in [0, 0.1) is 5.82 Å². The Kier molecular flexibility index (Phi) is 8.67. The van der Waals surface area contributed by atoms with Crippen LogP contribution < -0.4 is 9.47 Å². The number of carbonyl (C=O) groups excluding carboxylic acids is 1. The average molecular weight is 437 g/mol.